The summed E-state index contributed by atoms with van der Waals surface area (Å²) in [6.45, 7) is 3.86. The number of hydrogen-bond acceptors (Lipinski definition) is 6. The third-order valence-corrected chi connectivity index (χ3v) is 6.05. The van der Waals surface area contributed by atoms with Crippen molar-refractivity contribution in [3.63, 3.8) is 0 Å². The molecule has 1 atom stereocenters. The van der Waals surface area contributed by atoms with Gasteiger partial charge in [-0.3, -0.25) is 9.79 Å². The molecule has 132 valence electrons. The fourth-order valence-electron chi connectivity index (χ4n) is 3.07. The molecular weight excluding hydrogens is 357 g/mol. The first kappa shape index (κ1) is 18.1. The Bertz CT molecular complexity index is 833. The van der Waals surface area contributed by atoms with Crippen LogP contribution in [0.1, 0.15) is 46.4 Å². The molecule has 0 saturated heterocycles. The Morgan fingerprint density at radius 3 is 2.88 bits per heavy atom. The average Bonchev–Trinajstić information content (AvgIpc) is 3.03. The Morgan fingerprint density at radius 1 is 1.44 bits per heavy atom. The van der Waals surface area contributed by atoms with E-state index in [9.17, 15) is 9.18 Å². The van der Waals surface area contributed by atoms with Crippen LogP contribution in [0.5, 0.6) is 0 Å². The Morgan fingerprint density at radius 2 is 2.24 bits per heavy atom. The number of aryl methyl sites for hydroxylation is 1. The molecule has 1 aromatic heterocycles. The SMILES string of the molecule is CC[C@@]1(c2cc(CC(=O)c3csc(C)n3)ccc2F)CCSC(N)=N1. The Hall–Kier alpha value is -1.73. The largest absolute Gasteiger partial charge is 0.379 e. The van der Waals surface area contributed by atoms with Gasteiger partial charge in [0.2, 0.25) is 0 Å². The molecule has 0 spiro atoms. The van der Waals surface area contributed by atoms with Crippen molar-refractivity contribution >= 4 is 34.0 Å². The van der Waals surface area contributed by atoms with E-state index in [-0.39, 0.29) is 18.0 Å². The number of rotatable bonds is 5. The van der Waals surface area contributed by atoms with E-state index in [0.717, 1.165) is 22.7 Å². The molecule has 25 heavy (non-hydrogen) atoms. The monoisotopic (exact) mass is 377 g/mol. The van der Waals surface area contributed by atoms with E-state index in [2.05, 4.69) is 9.98 Å². The van der Waals surface area contributed by atoms with Gasteiger partial charge in [0.25, 0.3) is 0 Å². The van der Waals surface area contributed by atoms with Crippen LogP contribution in [0.3, 0.4) is 0 Å². The van der Waals surface area contributed by atoms with Crippen LogP contribution in [0, 0.1) is 12.7 Å². The van der Waals surface area contributed by atoms with E-state index < -0.39 is 5.54 Å². The van der Waals surface area contributed by atoms with Crippen LogP contribution in [-0.2, 0) is 12.0 Å². The lowest BCUT2D eigenvalue weighted by Crippen LogP contribution is -2.32. The minimum Gasteiger partial charge on any atom is -0.379 e. The quantitative estimate of drug-likeness (QED) is 0.798. The third-order valence-electron chi connectivity index (χ3n) is 4.48. The maximum absolute atomic E-state index is 14.6. The minimum absolute atomic E-state index is 0.0605. The van der Waals surface area contributed by atoms with E-state index in [0.29, 0.717) is 22.8 Å². The van der Waals surface area contributed by atoms with Crippen LogP contribution in [0.2, 0.25) is 0 Å². The Labute approximate surface area is 154 Å². The predicted octanol–water partition coefficient (Wildman–Crippen LogP) is 4.07. The lowest BCUT2D eigenvalue weighted by Gasteiger charge is -2.33. The molecule has 0 amide bonds. The summed E-state index contributed by atoms with van der Waals surface area (Å²) in [7, 11) is 0. The highest BCUT2D eigenvalue weighted by Crippen LogP contribution is 2.40. The smallest absolute Gasteiger partial charge is 0.186 e. The summed E-state index contributed by atoms with van der Waals surface area (Å²) >= 11 is 2.94. The molecule has 0 saturated carbocycles. The number of thiazole rings is 1. The second-order valence-electron chi connectivity index (χ2n) is 6.10. The van der Waals surface area contributed by atoms with E-state index >= 15 is 0 Å². The molecule has 0 radical (unpaired) electrons. The van der Waals surface area contributed by atoms with Gasteiger partial charge >= 0.3 is 0 Å². The van der Waals surface area contributed by atoms with Gasteiger partial charge in [0.05, 0.1) is 10.5 Å². The van der Waals surface area contributed by atoms with Crippen molar-refractivity contribution in [3.05, 3.63) is 51.2 Å². The van der Waals surface area contributed by atoms with Gasteiger partial charge in [-0.05, 0) is 37.5 Å². The summed E-state index contributed by atoms with van der Waals surface area (Å²) in [6, 6.07) is 4.85. The van der Waals surface area contributed by atoms with Crippen LogP contribution in [0.15, 0.2) is 28.6 Å². The van der Waals surface area contributed by atoms with E-state index in [1.807, 2.05) is 13.8 Å². The average molecular weight is 378 g/mol. The first-order valence-corrected chi connectivity index (χ1v) is 10.0. The topological polar surface area (TPSA) is 68.3 Å². The van der Waals surface area contributed by atoms with Gasteiger partial charge in [0, 0.05) is 23.1 Å². The number of thioether (sulfide) groups is 1. The minimum atomic E-state index is -0.643. The highest BCUT2D eigenvalue weighted by molar-refractivity contribution is 8.13. The number of ketones is 1. The molecule has 7 heteroatoms. The summed E-state index contributed by atoms with van der Waals surface area (Å²) in [5, 5.41) is 3.11. The van der Waals surface area contributed by atoms with Gasteiger partial charge in [0.15, 0.2) is 11.0 Å². The number of hydrogen-bond donors (Lipinski definition) is 1. The molecule has 4 nitrogen and oxygen atoms in total. The van der Waals surface area contributed by atoms with Crippen LogP contribution in [0.4, 0.5) is 4.39 Å². The summed E-state index contributed by atoms with van der Waals surface area (Å²) < 4.78 is 14.6. The van der Waals surface area contributed by atoms with Crippen molar-refractivity contribution in [1.82, 2.24) is 4.98 Å². The molecule has 2 aromatic rings. The lowest BCUT2D eigenvalue weighted by atomic mass is 9.83. The second kappa shape index (κ2) is 7.25. The number of aliphatic imine (C=N–C) groups is 1. The molecule has 0 bridgehead atoms. The van der Waals surface area contributed by atoms with Gasteiger partial charge < -0.3 is 5.73 Å². The summed E-state index contributed by atoms with van der Waals surface area (Å²) in [5.41, 5.74) is 7.02. The van der Waals surface area contributed by atoms with E-state index in [1.54, 1.807) is 17.5 Å². The first-order valence-electron chi connectivity index (χ1n) is 8.16. The second-order valence-corrected chi connectivity index (χ2v) is 8.28. The molecule has 0 aliphatic carbocycles. The lowest BCUT2D eigenvalue weighted by molar-refractivity contribution is 0.0988. The van der Waals surface area contributed by atoms with Gasteiger partial charge in [-0.1, -0.05) is 24.8 Å². The first-order chi connectivity index (χ1) is 11.9. The molecule has 3 rings (SSSR count). The van der Waals surface area contributed by atoms with Crippen LogP contribution >= 0.6 is 23.1 Å². The standard InChI is InChI=1S/C18H20FN3OS2/c1-3-18(6-7-24-17(20)22-18)13-8-12(4-5-14(13)19)9-16(23)15-10-25-11(2)21-15/h4-5,8,10H,3,6-7,9H2,1-2H3,(H2,20,22)/t18-/m0/s1. The number of nitrogens with two attached hydrogens (primary N) is 1. The Kier molecular flexibility index (Phi) is 5.24. The van der Waals surface area contributed by atoms with Crippen LogP contribution in [0.25, 0.3) is 0 Å². The van der Waals surface area contributed by atoms with Crippen molar-refractivity contribution in [1.29, 1.82) is 0 Å². The van der Waals surface area contributed by atoms with Crippen LogP contribution in [-0.4, -0.2) is 21.7 Å². The number of Topliss-reactive ketones (excluding diaryl/α,β-unsaturated/α-hetero) is 1. The van der Waals surface area contributed by atoms with E-state index in [4.69, 9.17) is 5.73 Å². The number of amidine groups is 1. The molecule has 1 aliphatic rings. The molecule has 0 unspecified atom stereocenters. The summed E-state index contributed by atoms with van der Waals surface area (Å²) in [5.74, 6) is 0.449. The van der Waals surface area contributed by atoms with Gasteiger partial charge in [-0.2, -0.15) is 0 Å². The Balaban J connectivity index is 1.93. The van der Waals surface area contributed by atoms with Gasteiger partial charge in [-0.15, -0.1) is 11.3 Å². The highest BCUT2D eigenvalue weighted by Gasteiger charge is 2.35. The molecule has 0 fully saturated rings. The fraction of sp³-hybridized carbons (Fsp3) is 0.389. The highest BCUT2D eigenvalue weighted by atomic mass is 32.2. The van der Waals surface area contributed by atoms with Gasteiger partial charge in [0.1, 0.15) is 11.5 Å². The molecule has 1 aliphatic heterocycles. The van der Waals surface area contributed by atoms with E-state index in [1.165, 1.54) is 29.2 Å². The van der Waals surface area contributed by atoms with Gasteiger partial charge in [-0.25, -0.2) is 9.37 Å². The van der Waals surface area contributed by atoms with Crippen molar-refractivity contribution < 1.29 is 9.18 Å². The number of carbonyl (C=O) groups is 1. The third kappa shape index (κ3) is 3.77. The maximum atomic E-state index is 14.6. The number of benzene rings is 1. The summed E-state index contributed by atoms with van der Waals surface area (Å²) in [6.07, 6.45) is 1.59. The number of nitrogens with zero attached hydrogens (tertiary/aromatic N) is 2. The molecule has 1 aromatic carbocycles. The molecular formula is C18H20FN3OS2. The number of aromatic nitrogens is 1. The summed E-state index contributed by atoms with van der Waals surface area (Å²) in [4.78, 5) is 21.2. The van der Waals surface area contributed by atoms with Crippen molar-refractivity contribution in [3.8, 4) is 0 Å². The predicted molar refractivity (Wildman–Crippen MR) is 102 cm³/mol. The van der Waals surface area contributed by atoms with Crippen LogP contribution < -0.4 is 5.73 Å². The van der Waals surface area contributed by atoms with Crippen molar-refractivity contribution in [2.45, 2.75) is 38.6 Å². The molecule has 2 N–H and O–H groups in total. The number of carbonyl (C=O) groups excluding carboxylic acids is 1. The normalized spacial score (nSPS) is 20.4. The zero-order valence-electron chi connectivity index (χ0n) is 14.2. The zero-order valence-corrected chi connectivity index (χ0v) is 15.8. The maximum Gasteiger partial charge on any atom is 0.186 e. The van der Waals surface area contributed by atoms with Crippen molar-refractivity contribution in [2.75, 3.05) is 5.75 Å². The zero-order chi connectivity index (χ0) is 18.0. The fourth-order valence-corrected chi connectivity index (χ4v) is 4.58. The van der Waals surface area contributed by atoms with Crippen molar-refractivity contribution in [2.24, 2.45) is 10.7 Å². The molecule has 2 heterocycles. The number of halogens is 1.